The predicted octanol–water partition coefficient (Wildman–Crippen LogP) is 7.20. The molecule has 3 heteroatoms. The van der Waals surface area contributed by atoms with Crippen LogP contribution in [0, 0.1) is 0 Å². The summed E-state index contributed by atoms with van der Waals surface area (Å²) in [6.45, 7) is 0. The van der Waals surface area contributed by atoms with Crippen molar-refractivity contribution in [1.29, 1.82) is 0 Å². The third-order valence-corrected chi connectivity index (χ3v) is 10.1. The van der Waals surface area contributed by atoms with Crippen LogP contribution >= 0.6 is 19.5 Å². The Labute approximate surface area is 156 Å². The van der Waals surface area contributed by atoms with Crippen LogP contribution in [0.1, 0.15) is 96.3 Å². The number of halogens is 1. The summed E-state index contributed by atoms with van der Waals surface area (Å²) in [5, 5.41) is 0. The first-order chi connectivity index (χ1) is 10.9. The second-order valence-electron chi connectivity index (χ2n) is 7.41. The quantitative estimate of drug-likeness (QED) is 0.249. The molecule has 0 nitrogen and oxygen atoms in total. The predicted molar refractivity (Wildman–Crippen MR) is 98.3 cm³/mol. The van der Waals surface area contributed by atoms with Crippen LogP contribution in [0.25, 0.3) is 0 Å². The first-order valence-corrected chi connectivity index (χ1v) is 12.9. The number of rotatable bonds is 3. The maximum absolute atomic E-state index is 4.93. The molecule has 0 aromatic rings. The van der Waals surface area contributed by atoms with Crippen molar-refractivity contribution in [3.63, 3.8) is 0 Å². The molecule has 0 aromatic heterocycles. The second-order valence-corrected chi connectivity index (χ2v) is 11.9. The molecular formula is C19H35ClPPd. The van der Waals surface area contributed by atoms with Gasteiger partial charge in [0.25, 0.3) is 0 Å². The van der Waals surface area contributed by atoms with Crippen LogP contribution < -0.4 is 0 Å². The Morgan fingerprint density at radius 3 is 1.05 bits per heavy atom. The summed E-state index contributed by atoms with van der Waals surface area (Å²) in [6, 6.07) is 0. The molecule has 3 saturated carbocycles. The molecule has 0 amide bonds. The van der Waals surface area contributed by atoms with E-state index in [1.54, 1.807) is 77.0 Å². The van der Waals surface area contributed by atoms with Crippen molar-refractivity contribution in [2.75, 3.05) is 4.35 Å². The average molecular weight is 436 g/mol. The van der Waals surface area contributed by atoms with Crippen LogP contribution in [-0.4, -0.2) is 21.3 Å². The Morgan fingerprint density at radius 2 is 0.818 bits per heavy atom. The van der Waals surface area contributed by atoms with Gasteiger partial charge in [-0.3, -0.25) is 0 Å². The van der Waals surface area contributed by atoms with Gasteiger partial charge in [0, 0.05) is 0 Å². The van der Waals surface area contributed by atoms with E-state index in [1.807, 2.05) is 0 Å². The molecule has 0 radical (unpaired) electrons. The van der Waals surface area contributed by atoms with Gasteiger partial charge in [-0.15, -0.1) is 0 Å². The van der Waals surface area contributed by atoms with Gasteiger partial charge in [-0.25, -0.2) is 0 Å². The molecule has 0 aromatic carbocycles. The van der Waals surface area contributed by atoms with Gasteiger partial charge >= 0.3 is 35.2 Å². The van der Waals surface area contributed by atoms with E-state index in [9.17, 15) is 0 Å². The standard InChI is InChI=1S/C18H33P.CH2Cl.Pd/c1-4-10-16(11-5-1)19(17-12-6-2-7-13-17)18-14-8-3-9-15-18;1-2;/h16-18H,1-15H2;1H2;. The molecule has 133 valence electrons. The number of alkyl halides is 1. The van der Waals surface area contributed by atoms with E-state index in [1.165, 1.54) is 36.2 Å². The van der Waals surface area contributed by atoms with Gasteiger partial charge in [-0.2, -0.15) is 0 Å². The zero-order valence-corrected chi connectivity index (χ0v) is 17.4. The third-order valence-electron chi connectivity index (χ3n) is 5.99. The summed E-state index contributed by atoms with van der Waals surface area (Å²) in [6.07, 6.45) is 23.6. The number of hydrogen-bond acceptors (Lipinski definition) is 0. The van der Waals surface area contributed by atoms with Gasteiger partial charge in [0.05, 0.1) is 0 Å². The maximum atomic E-state index is 4.93. The van der Waals surface area contributed by atoms with Crippen molar-refractivity contribution in [2.45, 2.75) is 113 Å². The molecule has 0 spiro atoms. The zero-order chi connectivity index (χ0) is 15.6. The van der Waals surface area contributed by atoms with E-state index in [-0.39, 0.29) is 0 Å². The number of hydrogen-bond donors (Lipinski definition) is 0. The van der Waals surface area contributed by atoms with Crippen molar-refractivity contribution < 1.29 is 19.2 Å². The molecule has 0 saturated heterocycles. The van der Waals surface area contributed by atoms with Crippen LogP contribution in [-0.2, 0) is 19.2 Å². The van der Waals surface area contributed by atoms with Crippen molar-refractivity contribution in [3.8, 4) is 0 Å². The molecule has 0 heterocycles. The molecule has 3 rings (SSSR count). The van der Waals surface area contributed by atoms with Crippen molar-refractivity contribution >= 4 is 19.5 Å². The monoisotopic (exact) mass is 435 g/mol. The van der Waals surface area contributed by atoms with Crippen LogP contribution in [0.5, 0.6) is 0 Å². The molecule has 3 fully saturated rings. The SMILES string of the molecule is C1CCC(P(C2CCCCC2)C2CCCCC2)CC1.Cl[CH2][Pd]. The molecule has 0 aliphatic heterocycles. The summed E-state index contributed by atoms with van der Waals surface area (Å²) in [7, 11) is 0.385. The van der Waals surface area contributed by atoms with E-state index in [0.717, 1.165) is 0 Å². The minimum atomic E-state index is 0.385. The summed E-state index contributed by atoms with van der Waals surface area (Å²) in [4.78, 5) is 0. The Morgan fingerprint density at radius 1 is 0.591 bits per heavy atom. The Bertz CT molecular complexity index is 226. The van der Waals surface area contributed by atoms with Crippen LogP contribution in [0.3, 0.4) is 0 Å². The third kappa shape index (κ3) is 6.36. The van der Waals surface area contributed by atoms with E-state index >= 15 is 0 Å². The van der Waals surface area contributed by atoms with Gasteiger partial charge in [-0.1, -0.05) is 65.7 Å². The Balaban J connectivity index is 0.000000545. The Kier molecular flexibility index (Phi) is 10.6. The van der Waals surface area contributed by atoms with E-state index in [2.05, 4.69) is 19.2 Å². The first-order valence-electron chi connectivity index (χ1n) is 9.71. The molecule has 22 heavy (non-hydrogen) atoms. The van der Waals surface area contributed by atoms with Gasteiger partial charge in [0.1, 0.15) is 0 Å². The van der Waals surface area contributed by atoms with Crippen LogP contribution in [0.2, 0.25) is 0 Å². The van der Waals surface area contributed by atoms with Gasteiger partial charge < -0.3 is 0 Å². The molecule has 3 aliphatic carbocycles. The fraction of sp³-hybridized carbons (Fsp3) is 1.00. The van der Waals surface area contributed by atoms with Crippen LogP contribution in [0.4, 0.5) is 0 Å². The zero-order valence-electron chi connectivity index (χ0n) is 14.2. The normalized spacial score (nSPS) is 25.8. The van der Waals surface area contributed by atoms with Crippen molar-refractivity contribution in [1.82, 2.24) is 0 Å². The fourth-order valence-corrected chi connectivity index (χ4v) is 9.71. The first kappa shape index (κ1) is 19.7. The van der Waals surface area contributed by atoms with Crippen molar-refractivity contribution in [3.05, 3.63) is 0 Å². The van der Waals surface area contributed by atoms with Gasteiger partial charge in [-0.05, 0) is 55.5 Å². The van der Waals surface area contributed by atoms with Crippen molar-refractivity contribution in [2.24, 2.45) is 0 Å². The molecule has 0 unspecified atom stereocenters. The minimum absolute atomic E-state index is 0.385. The summed E-state index contributed by atoms with van der Waals surface area (Å²) < 4.78 is 0.572. The summed E-state index contributed by atoms with van der Waals surface area (Å²) in [5.41, 5.74) is 3.57. The van der Waals surface area contributed by atoms with Gasteiger partial charge in [0.2, 0.25) is 0 Å². The fourth-order valence-electron chi connectivity index (χ4n) is 5.03. The molecule has 0 N–H and O–H groups in total. The Hall–Kier alpha value is 1.38. The molecular weight excluding hydrogens is 401 g/mol. The summed E-state index contributed by atoms with van der Waals surface area (Å²) >= 11 is 7.64. The van der Waals surface area contributed by atoms with Crippen LogP contribution in [0.15, 0.2) is 0 Å². The van der Waals surface area contributed by atoms with E-state index in [4.69, 9.17) is 11.6 Å². The second kappa shape index (κ2) is 11.9. The topological polar surface area (TPSA) is 0 Å². The van der Waals surface area contributed by atoms with Gasteiger partial charge in [0.15, 0.2) is 0 Å². The molecule has 0 atom stereocenters. The molecule has 0 bridgehead atoms. The van der Waals surface area contributed by atoms with E-state index in [0.29, 0.717) is 12.3 Å². The van der Waals surface area contributed by atoms with E-state index < -0.39 is 0 Å². The molecule has 3 aliphatic rings. The average Bonchev–Trinajstić information content (AvgIpc) is 2.59. The summed E-state index contributed by atoms with van der Waals surface area (Å²) in [5.74, 6) is 0.